The van der Waals surface area contributed by atoms with Crippen LogP contribution in [0.25, 0.3) is 0 Å². The van der Waals surface area contributed by atoms with Crippen molar-refractivity contribution in [2.75, 3.05) is 12.3 Å². The van der Waals surface area contributed by atoms with Crippen LogP contribution < -0.4 is 10.5 Å². The molecule has 0 bridgehead atoms. The minimum Gasteiger partial charge on any atom is -0.491 e. The van der Waals surface area contributed by atoms with Gasteiger partial charge >= 0.3 is 0 Å². The van der Waals surface area contributed by atoms with E-state index in [2.05, 4.69) is 6.92 Å². The highest BCUT2D eigenvalue weighted by Gasteiger charge is 1.98. The third-order valence-electron chi connectivity index (χ3n) is 3.67. The molecule has 0 aromatic heterocycles. The molecule has 1 aromatic carbocycles. The zero-order valence-electron chi connectivity index (χ0n) is 13.1. The van der Waals surface area contributed by atoms with E-state index in [9.17, 15) is 0 Å². The highest BCUT2D eigenvalue weighted by molar-refractivity contribution is 5.51. The van der Waals surface area contributed by atoms with Gasteiger partial charge in [-0.25, -0.2) is 0 Å². The number of para-hydroxylation sites is 2. The van der Waals surface area contributed by atoms with Crippen LogP contribution in [0.2, 0.25) is 0 Å². The Morgan fingerprint density at radius 1 is 0.800 bits per heavy atom. The summed E-state index contributed by atoms with van der Waals surface area (Å²) < 4.78 is 5.68. The summed E-state index contributed by atoms with van der Waals surface area (Å²) in [7, 11) is 0. The topological polar surface area (TPSA) is 35.2 Å². The van der Waals surface area contributed by atoms with Crippen molar-refractivity contribution in [3.63, 3.8) is 0 Å². The van der Waals surface area contributed by atoms with E-state index in [1.54, 1.807) is 0 Å². The van der Waals surface area contributed by atoms with Gasteiger partial charge in [0.2, 0.25) is 0 Å². The van der Waals surface area contributed by atoms with Crippen LogP contribution in [0.5, 0.6) is 5.75 Å². The second-order valence-electron chi connectivity index (χ2n) is 5.57. The molecule has 0 aliphatic rings. The Balaban J connectivity index is 1.87. The van der Waals surface area contributed by atoms with Crippen molar-refractivity contribution in [3.8, 4) is 5.75 Å². The van der Waals surface area contributed by atoms with Gasteiger partial charge in [0.05, 0.1) is 12.3 Å². The standard InChI is InChI=1S/C18H31NO/c1-2-3-4-5-6-7-8-9-10-13-16-20-18-15-12-11-14-17(18)19/h11-12,14-15H,2-10,13,16,19H2,1H3. The molecule has 0 heterocycles. The number of ether oxygens (including phenoxy) is 1. The predicted octanol–water partition coefficient (Wildman–Crippen LogP) is 5.57. The van der Waals surface area contributed by atoms with Crippen LogP contribution in [-0.4, -0.2) is 6.61 Å². The number of rotatable bonds is 12. The summed E-state index contributed by atoms with van der Waals surface area (Å²) >= 11 is 0. The first kappa shape index (κ1) is 16.9. The number of hydrogen-bond donors (Lipinski definition) is 1. The molecular formula is C18H31NO. The molecule has 1 aromatic rings. The molecule has 0 fully saturated rings. The Morgan fingerprint density at radius 2 is 1.35 bits per heavy atom. The second-order valence-corrected chi connectivity index (χ2v) is 5.57. The predicted molar refractivity (Wildman–Crippen MR) is 88.2 cm³/mol. The van der Waals surface area contributed by atoms with Crippen molar-refractivity contribution in [3.05, 3.63) is 24.3 Å². The lowest BCUT2D eigenvalue weighted by molar-refractivity contribution is 0.306. The van der Waals surface area contributed by atoms with Crippen molar-refractivity contribution in [2.45, 2.75) is 71.1 Å². The molecule has 0 unspecified atom stereocenters. The molecule has 0 radical (unpaired) electrons. The van der Waals surface area contributed by atoms with Gasteiger partial charge in [0.25, 0.3) is 0 Å². The van der Waals surface area contributed by atoms with E-state index >= 15 is 0 Å². The lowest BCUT2D eigenvalue weighted by Gasteiger charge is -2.08. The maximum Gasteiger partial charge on any atom is 0.142 e. The van der Waals surface area contributed by atoms with Crippen LogP contribution >= 0.6 is 0 Å². The number of benzene rings is 1. The van der Waals surface area contributed by atoms with Crippen molar-refractivity contribution in [1.29, 1.82) is 0 Å². The van der Waals surface area contributed by atoms with E-state index in [1.807, 2.05) is 24.3 Å². The number of nitrogens with two attached hydrogens (primary N) is 1. The van der Waals surface area contributed by atoms with Crippen LogP contribution in [0.15, 0.2) is 24.3 Å². The third-order valence-corrected chi connectivity index (χ3v) is 3.67. The monoisotopic (exact) mass is 277 g/mol. The van der Waals surface area contributed by atoms with E-state index < -0.39 is 0 Å². The smallest absolute Gasteiger partial charge is 0.142 e. The third kappa shape index (κ3) is 8.08. The highest BCUT2D eigenvalue weighted by atomic mass is 16.5. The number of hydrogen-bond acceptors (Lipinski definition) is 2. The molecule has 1 rings (SSSR count). The summed E-state index contributed by atoms with van der Waals surface area (Å²) in [6.07, 6.45) is 13.5. The average Bonchev–Trinajstić information content (AvgIpc) is 2.46. The van der Waals surface area contributed by atoms with Crippen LogP contribution in [-0.2, 0) is 0 Å². The Labute approximate surface area is 124 Å². The Kier molecular flexibility index (Phi) is 9.81. The van der Waals surface area contributed by atoms with Gasteiger partial charge in [-0.2, -0.15) is 0 Å². The Hall–Kier alpha value is -1.18. The first-order valence-corrected chi connectivity index (χ1v) is 8.32. The van der Waals surface area contributed by atoms with E-state index in [-0.39, 0.29) is 0 Å². The van der Waals surface area contributed by atoms with Crippen LogP contribution in [0.3, 0.4) is 0 Å². The lowest BCUT2D eigenvalue weighted by atomic mass is 10.1. The summed E-state index contributed by atoms with van der Waals surface area (Å²) in [5.74, 6) is 0.823. The van der Waals surface area contributed by atoms with Gasteiger partial charge in [0.1, 0.15) is 5.75 Å². The lowest BCUT2D eigenvalue weighted by Crippen LogP contribution is -2.00. The van der Waals surface area contributed by atoms with Crippen molar-refractivity contribution in [1.82, 2.24) is 0 Å². The summed E-state index contributed by atoms with van der Waals surface area (Å²) in [6, 6.07) is 7.71. The zero-order chi connectivity index (χ0) is 14.5. The molecule has 0 saturated heterocycles. The summed E-state index contributed by atoms with van der Waals surface area (Å²) in [4.78, 5) is 0. The van der Waals surface area contributed by atoms with Gasteiger partial charge in [0, 0.05) is 0 Å². The molecule has 0 atom stereocenters. The molecule has 0 amide bonds. The van der Waals surface area contributed by atoms with Gasteiger partial charge in [-0.3, -0.25) is 0 Å². The normalized spacial score (nSPS) is 10.7. The van der Waals surface area contributed by atoms with Crippen molar-refractivity contribution >= 4 is 5.69 Å². The largest absolute Gasteiger partial charge is 0.491 e. The molecule has 114 valence electrons. The molecule has 2 nitrogen and oxygen atoms in total. The van der Waals surface area contributed by atoms with Gasteiger partial charge in [-0.1, -0.05) is 76.8 Å². The van der Waals surface area contributed by atoms with Gasteiger partial charge in [-0.15, -0.1) is 0 Å². The van der Waals surface area contributed by atoms with Crippen molar-refractivity contribution < 1.29 is 4.74 Å². The molecule has 0 saturated carbocycles. The molecule has 0 aliphatic heterocycles. The average molecular weight is 277 g/mol. The van der Waals surface area contributed by atoms with Gasteiger partial charge in [-0.05, 0) is 18.6 Å². The zero-order valence-corrected chi connectivity index (χ0v) is 13.1. The Morgan fingerprint density at radius 3 is 1.95 bits per heavy atom. The number of unbranched alkanes of at least 4 members (excludes halogenated alkanes) is 9. The fourth-order valence-corrected chi connectivity index (χ4v) is 2.38. The van der Waals surface area contributed by atoms with Gasteiger partial charge < -0.3 is 10.5 Å². The second kappa shape index (κ2) is 11.6. The molecule has 20 heavy (non-hydrogen) atoms. The quantitative estimate of drug-likeness (QED) is 0.400. The SMILES string of the molecule is CCCCCCCCCCCCOc1ccccc1N. The summed E-state index contributed by atoms with van der Waals surface area (Å²) in [5.41, 5.74) is 6.56. The van der Waals surface area contributed by atoms with Crippen LogP contribution in [0.1, 0.15) is 71.1 Å². The first-order valence-electron chi connectivity index (χ1n) is 8.32. The number of anilines is 1. The van der Waals surface area contributed by atoms with Crippen LogP contribution in [0.4, 0.5) is 5.69 Å². The minimum atomic E-state index is 0.736. The maximum absolute atomic E-state index is 5.83. The maximum atomic E-state index is 5.83. The van der Waals surface area contributed by atoms with E-state index in [0.717, 1.165) is 24.5 Å². The number of nitrogen functional groups attached to an aromatic ring is 1. The fourth-order valence-electron chi connectivity index (χ4n) is 2.38. The molecule has 2 heteroatoms. The van der Waals surface area contributed by atoms with E-state index in [4.69, 9.17) is 10.5 Å². The van der Waals surface area contributed by atoms with Crippen molar-refractivity contribution in [2.24, 2.45) is 0 Å². The molecule has 0 spiro atoms. The molecular weight excluding hydrogens is 246 g/mol. The Bertz CT molecular complexity index is 338. The van der Waals surface area contributed by atoms with Crippen LogP contribution in [0, 0.1) is 0 Å². The van der Waals surface area contributed by atoms with Gasteiger partial charge in [0.15, 0.2) is 0 Å². The highest BCUT2D eigenvalue weighted by Crippen LogP contribution is 2.20. The molecule has 0 aliphatic carbocycles. The first-order chi connectivity index (χ1) is 9.84. The minimum absolute atomic E-state index is 0.736. The summed E-state index contributed by atoms with van der Waals surface area (Å²) in [5, 5.41) is 0. The molecule has 2 N–H and O–H groups in total. The van der Waals surface area contributed by atoms with E-state index in [0.29, 0.717) is 0 Å². The van der Waals surface area contributed by atoms with E-state index in [1.165, 1.54) is 57.8 Å². The fraction of sp³-hybridized carbons (Fsp3) is 0.667. The summed E-state index contributed by atoms with van der Waals surface area (Å²) in [6.45, 7) is 3.05.